The number of benzene rings is 1. The van der Waals surface area contributed by atoms with Gasteiger partial charge in [-0.25, -0.2) is 8.42 Å². The van der Waals surface area contributed by atoms with E-state index in [0.29, 0.717) is 0 Å². The number of hydrogen-bond donors (Lipinski definition) is 3. The zero-order valence-electron chi connectivity index (χ0n) is 11.4. The Labute approximate surface area is 121 Å². The molecule has 0 unspecified atom stereocenters. The van der Waals surface area contributed by atoms with Gasteiger partial charge in [0.1, 0.15) is 0 Å². The van der Waals surface area contributed by atoms with Gasteiger partial charge >= 0.3 is 0 Å². The molecular weight excluding hydrogens is 300 g/mol. The summed E-state index contributed by atoms with van der Waals surface area (Å²) >= 11 is 0. The van der Waals surface area contributed by atoms with E-state index in [4.69, 9.17) is 0 Å². The molecule has 9 heteroatoms. The maximum absolute atomic E-state index is 12.2. The molecule has 1 saturated heterocycles. The predicted molar refractivity (Wildman–Crippen MR) is 73.8 cm³/mol. The second-order valence-corrected chi connectivity index (χ2v) is 6.80. The van der Waals surface area contributed by atoms with Crippen LogP contribution in [-0.4, -0.2) is 71.3 Å². The van der Waals surface area contributed by atoms with Crippen molar-refractivity contribution in [3.05, 3.63) is 17.7 Å². The summed E-state index contributed by atoms with van der Waals surface area (Å²) in [5.41, 5.74) is 0.0237. The highest BCUT2D eigenvalue weighted by Crippen LogP contribution is 2.35. The minimum Gasteiger partial charge on any atom is -0.504 e. The first-order valence-electron chi connectivity index (χ1n) is 6.19. The number of sulfonamides is 1. The van der Waals surface area contributed by atoms with Crippen LogP contribution in [0.3, 0.4) is 0 Å². The van der Waals surface area contributed by atoms with Crippen molar-refractivity contribution in [1.29, 1.82) is 0 Å². The van der Waals surface area contributed by atoms with E-state index in [1.807, 2.05) is 0 Å². The summed E-state index contributed by atoms with van der Waals surface area (Å²) in [5, 5.41) is 28.1. The van der Waals surface area contributed by atoms with E-state index in [9.17, 15) is 28.5 Å². The molecule has 2 rings (SSSR count). The Kier molecular flexibility index (Phi) is 3.97. The molecule has 1 aliphatic rings. The number of nitrogens with zero attached hydrogens (tertiary/aromatic N) is 2. The molecule has 8 nitrogen and oxygen atoms in total. The Balaban J connectivity index is 2.13. The fraction of sp³-hybridized carbons (Fsp3) is 0.417. The molecular formula is C12H16N2O6S. The highest BCUT2D eigenvalue weighted by molar-refractivity contribution is 7.88. The van der Waals surface area contributed by atoms with Crippen molar-refractivity contribution in [2.24, 2.45) is 0 Å². The molecule has 1 amide bonds. The van der Waals surface area contributed by atoms with E-state index in [-0.39, 0.29) is 31.7 Å². The number of carbonyl (C=O) groups is 1. The highest BCUT2D eigenvalue weighted by Gasteiger charge is 2.27. The number of phenols is 3. The number of hydrogen-bond acceptors (Lipinski definition) is 6. The fourth-order valence-corrected chi connectivity index (χ4v) is 2.96. The molecule has 1 heterocycles. The molecule has 0 spiro atoms. The smallest absolute Gasteiger partial charge is 0.254 e. The molecule has 0 aliphatic carbocycles. The third-order valence-corrected chi connectivity index (χ3v) is 4.61. The molecule has 1 aliphatic heterocycles. The van der Waals surface area contributed by atoms with Gasteiger partial charge in [0.2, 0.25) is 10.0 Å². The third-order valence-electron chi connectivity index (χ3n) is 3.31. The second-order valence-electron chi connectivity index (χ2n) is 4.82. The SMILES string of the molecule is CS(=O)(=O)N1CCN(C(=O)c2cc(O)c(O)c(O)c2)CC1. The van der Waals surface area contributed by atoms with Crippen LogP contribution in [0.4, 0.5) is 0 Å². The average molecular weight is 316 g/mol. The van der Waals surface area contributed by atoms with Crippen molar-refractivity contribution in [3.63, 3.8) is 0 Å². The van der Waals surface area contributed by atoms with Crippen molar-refractivity contribution in [2.45, 2.75) is 0 Å². The molecule has 116 valence electrons. The van der Waals surface area contributed by atoms with E-state index < -0.39 is 33.2 Å². The van der Waals surface area contributed by atoms with Crippen molar-refractivity contribution in [2.75, 3.05) is 32.4 Å². The quantitative estimate of drug-likeness (QED) is 0.634. The van der Waals surface area contributed by atoms with E-state index in [0.717, 1.165) is 18.4 Å². The van der Waals surface area contributed by atoms with E-state index in [1.54, 1.807) is 0 Å². The van der Waals surface area contributed by atoms with Crippen LogP contribution < -0.4 is 0 Å². The summed E-state index contributed by atoms with van der Waals surface area (Å²) < 4.78 is 24.1. The zero-order chi connectivity index (χ0) is 15.8. The molecule has 3 N–H and O–H groups in total. The van der Waals surface area contributed by atoms with Gasteiger partial charge < -0.3 is 20.2 Å². The Morgan fingerprint density at radius 2 is 1.52 bits per heavy atom. The standard InChI is InChI=1S/C12H16N2O6S/c1-21(19,20)14-4-2-13(3-5-14)12(18)8-6-9(15)11(17)10(16)7-8/h6-7,15-17H,2-5H2,1H3. The molecule has 0 radical (unpaired) electrons. The summed E-state index contributed by atoms with van der Waals surface area (Å²) in [6, 6.07) is 2.11. The zero-order valence-corrected chi connectivity index (χ0v) is 12.2. The fourth-order valence-electron chi connectivity index (χ4n) is 2.13. The van der Waals surface area contributed by atoms with Crippen LogP contribution in [0.25, 0.3) is 0 Å². The van der Waals surface area contributed by atoms with E-state index >= 15 is 0 Å². The first-order valence-corrected chi connectivity index (χ1v) is 8.04. The van der Waals surface area contributed by atoms with Gasteiger partial charge in [-0.05, 0) is 12.1 Å². The lowest BCUT2D eigenvalue weighted by Gasteiger charge is -2.33. The van der Waals surface area contributed by atoms with Crippen molar-refractivity contribution < 1.29 is 28.5 Å². The van der Waals surface area contributed by atoms with Crippen LogP contribution in [0.5, 0.6) is 17.2 Å². The first-order chi connectivity index (χ1) is 9.70. The molecule has 0 atom stereocenters. The van der Waals surface area contributed by atoms with Gasteiger partial charge in [0.05, 0.1) is 6.26 Å². The molecule has 0 saturated carbocycles. The number of piperazine rings is 1. The van der Waals surface area contributed by atoms with Gasteiger partial charge in [0, 0.05) is 31.7 Å². The monoisotopic (exact) mass is 316 g/mol. The van der Waals surface area contributed by atoms with Crippen LogP contribution in [0, 0.1) is 0 Å². The van der Waals surface area contributed by atoms with Crippen LogP contribution in [0.2, 0.25) is 0 Å². The lowest BCUT2D eigenvalue weighted by molar-refractivity contribution is 0.0697. The minimum absolute atomic E-state index is 0.0237. The Hall–Kier alpha value is -2.00. The maximum Gasteiger partial charge on any atom is 0.254 e. The van der Waals surface area contributed by atoms with Crippen LogP contribution in [0.1, 0.15) is 10.4 Å². The molecule has 0 aromatic heterocycles. The van der Waals surface area contributed by atoms with E-state index in [1.165, 1.54) is 9.21 Å². The lowest BCUT2D eigenvalue weighted by atomic mass is 10.1. The summed E-state index contributed by atoms with van der Waals surface area (Å²) in [6.07, 6.45) is 1.11. The summed E-state index contributed by atoms with van der Waals surface area (Å²) in [5.74, 6) is -2.32. The highest BCUT2D eigenvalue weighted by atomic mass is 32.2. The Bertz CT molecular complexity index is 641. The van der Waals surface area contributed by atoms with Crippen molar-refractivity contribution >= 4 is 15.9 Å². The number of phenolic OH excluding ortho intramolecular Hbond substituents is 3. The molecule has 1 aromatic carbocycles. The average Bonchev–Trinajstić information content (AvgIpc) is 2.42. The molecule has 0 bridgehead atoms. The first kappa shape index (κ1) is 15.4. The van der Waals surface area contributed by atoms with Gasteiger partial charge in [0.15, 0.2) is 17.2 Å². The van der Waals surface area contributed by atoms with Crippen LogP contribution in [0.15, 0.2) is 12.1 Å². The predicted octanol–water partition coefficient (Wildman–Crippen LogP) is -0.479. The Morgan fingerprint density at radius 3 is 1.95 bits per heavy atom. The van der Waals surface area contributed by atoms with Crippen LogP contribution >= 0.6 is 0 Å². The largest absolute Gasteiger partial charge is 0.504 e. The van der Waals surface area contributed by atoms with Crippen molar-refractivity contribution in [1.82, 2.24) is 9.21 Å². The van der Waals surface area contributed by atoms with Crippen LogP contribution in [-0.2, 0) is 10.0 Å². The summed E-state index contributed by atoms with van der Waals surface area (Å²) in [4.78, 5) is 13.6. The van der Waals surface area contributed by atoms with Gasteiger partial charge in [-0.1, -0.05) is 0 Å². The van der Waals surface area contributed by atoms with Gasteiger partial charge in [-0.15, -0.1) is 0 Å². The second kappa shape index (κ2) is 5.41. The molecule has 21 heavy (non-hydrogen) atoms. The minimum atomic E-state index is -3.28. The van der Waals surface area contributed by atoms with Gasteiger partial charge in [-0.2, -0.15) is 4.31 Å². The topological polar surface area (TPSA) is 118 Å². The molecule has 1 aromatic rings. The van der Waals surface area contributed by atoms with Gasteiger partial charge in [0.25, 0.3) is 5.91 Å². The number of amides is 1. The third kappa shape index (κ3) is 3.19. The lowest BCUT2D eigenvalue weighted by Crippen LogP contribution is -2.50. The summed E-state index contributed by atoms with van der Waals surface area (Å²) in [7, 11) is -3.28. The normalized spacial score (nSPS) is 16.9. The van der Waals surface area contributed by atoms with Crippen molar-refractivity contribution in [3.8, 4) is 17.2 Å². The maximum atomic E-state index is 12.2. The number of rotatable bonds is 2. The number of aromatic hydroxyl groups is 3. The van der Waals surface area contributed by atoms with E-state index in [2.05, 4.69) is 0 Å². The summed E-state index contributed by atoms with van der Waals surface area (Å²) in [6.45, 7) is 0.823. The number of carbonyl (C=O) groups excluding carboxylic acids is 1. The molecule has 1 fully saturated rings. The van der Waals surface area contributed by atoms with Gasteiger partial charge in [-0.3, -0.25) is 4.79 Å². The Morgan fingerprint density at radius 1 is 1.05 bits per heavy atom.